The minimum absolute atomic E-state index is 0.220. The lowest BCUT2D eigenvalue weighted by Crippen LogP contribution is -2.20. The van der Waals surface area contributed by atoms with E-state index in [4.69, 9.17) is 0 Å². The van der Waals surface area contributed by atoms with Gasteiger partial charge in [0.2, 0.25) is 0 Å². The maximum atomic E-state index is 13.5. The molecular weight excluding hydrogens is 362 g/mol. The molecule has 140 valence electrons. The maximum absolute atomic E-state index is 13.5. The molecule has 0 atom stereocenters. The lowest BCUT2D eigenvalue weighted by atomic mass is 10.1. The van der Waals surface area contributed by atoms with E-state index in [2.05, 4.69) is 15.7 Å². The summed E-state index contributed by atoms with van der Waals surface area (Å²) in [5.74, 6) is -0.134. The highest BCUT2D eigenvalue weighted by atomic mass is 19.3. The van der Waals surface area contributed by atoms with Gasteiger partial charge in [0.1, 0.15) is 17.1 Å². The zero-order chi connectivity index (χ0) is 19.3. The van der Waals surface area contributed by atoms with Gasteiger partial charge in [0.05, 0.1) is 6.20 Å². The van der Waals surface area contributed by atoms with Crippen LogP contribution in [0.2, 0.25) is 0 Å². The van der Waals surface area contributed by atoms with Gasteiger partial charge in [-0.15, -0.1) is 0 Å². The first-order valence-corrected chi connectivity index (χ1v) is 8.98. The van der Waals surface area contributed by atoms with Gasteiger partial charge in [0, 0.05) is 16.8 Å². The Kier molecular flexibility index (Phi) is 3.75. The number of nitrogens with one attached hydrogen (secondary N) is 2. The van der Waals surface area contributed by atoms with E-state index < -0.39 is 12.3 Å². The summed E-state index contributed by atoms with van der Waals surface area (Å²) in [6.45, 7) is 0. The highest BCUT2D eigenvalue weighted by Crippen LogP contribution is 2.38. The summed E-state index contributed by atoms with van der Waals surface area (Å²) >= 11 is 0. The smallest absolute Gasteiger partial charge is 0.280 e. The lowest BCUT2D eigenvalue weighted by Gasteiger charge is -2.20. The molecule has 5 rings (SSSR count). The SMILES string of the molecule is O=C(Nc1cccc2ccccc12)c1cnn2c1NC(=C1CC1)C=C2C(F)F. The average Bonchev–Trinajstić information content (AvgIpc) is 3.46. The number of carbonyl (C=O) groups excluding carboxylic acids is 1. The molecule has 1 saturated carbocycles. The van der Waals surface area contributed by atoms with E-state index in [0.29, 0.717) is 11.4 Å². The molecule has 2 aromatic carbocycles. The van der Waals surface area contributed by atoms with Gasteiger partial charge < -0.3 is 10.6 Å². The number of fused-ring (bicyclic) bond motifs is 2. The van der Waals surface area contributed by atoms with E-state index in [0.717, 1.165) is 33.9 Å². The van der Waals surface area contributed by atoms with Gasteiger partial charge in [-0.2, -0.15) is 5.10 Å². The van der Waals surface area contributed by atoms with Crippen molar-refractivity contribution in [2.24, 2.45) is 0 Å². The minimum atomic E-state index is -2.69. The zero-order valence-electron chi connectivity index (χ0n) is 14.7. The Hall–Kier alpha value is -3.48. The summed E-state index contributed by atoms with van der Waals surface area (Å²) in [7, 11) is 0. The largest absolute Gasteiger partial charge is 0.339 e. The number of allylic oxidation sites excluding steroid dienone is 3. The number of aromatic nitrogens is 2. The van der Waals surface area contributed by atoms with Crippen LogP contribution in [0.1, 0.15) is 23.2 Å². The van der Waals surface area contributed by atoms with Crippen LogP contribution in [0, 0.1) is 0 Å². The zero-order valence-corrected chi connectivity index (χ0v) is 14.7. The van der Waals surface area contributed by atoms with Crippen molar-refractivity contribution in [2.45, 2.75) is 19.3 Å². The summed E-state index contributed by atoms with van der Waals surface area (Å²) < 4.78 is 28.1. The number of nitrogens with zero attached hydrogens (tertiary/aromatic N) is 2. The first-order valence-electron chi connectivity index (χ1n) is 8.98. The first kappa shape index (κ1) is 16.7. The molecule has 0 radical (unpaired) electrons. The van der Waals surface area contributed by atoms with Crippen LogP contribution in [-0.4, -0.2) is 22.1 Å². The molecule has 1 aliphatic heterocycles. The van der Waals surface area contributed by atoms with Gasteiger partial charge in [-0.05, 0) is 35.9 Å². The monoisotopic (exact) mass is 378 g/mol. The maximum Gasteiger partial charge on any atom is 0.280 e. The van der Waals surface area contributed by atoms with Crippen molar-refractivity contribution in [1.82, 2.24) is 9.78 Å². The van der Waals surface area contributed by atoms with Crippen molar-refractivity contribution >= 4 is 33.9 Å². The molecular formula is C21H16F2N4O. The molecule has 2 aliphatic rings. The number of hydrogen-bond donors (Lipinski definition) is 2. The normalized spacial score (nSPS) is 15.3. The summed E-state index contributed by atoms with van der Waals surface area (Å²) in [4.78, 5) is 12.9. The van der Waals surface area contributed by atoms with Crippen LogP contribution in [0.3, 0.4) is 0 Å². The van der Waals surface area contributed by atoms with Gasteiger partial charge in [0.15, 0.2) is 0 Å². The van der Waals surface area contributed by atoms with Crippen LogP contribution in [0.25, 0.3) is 16.5 Å². The van der Waals surface area contributed by atoms with E-state index in [9.17, 15) is 13.6 Å². The third-order valence-corrected chi connectivity index (χ3v) is 4.95. The second-order valence-electron chi connectivity index (χ2n) is 6.81. The molecule has 2 heterocycles. The summed E-state index contributed by atoms with van der Waals surface area (Å²) in [5, 5.41) is 11.9. The molecule has 0 saturated heterocycles. The quantitative estimate of drug-likeness (QED) is 0.684. The molecule has 0 unspecified atom stereocenters. The number of benzene rings is 2. The first-order chi connectivity index (χ1) is 13.6. The molecule has 3 aromatic rings. The predicted octanol–water partition coefficient (Wildman–Crippen LogP) is 4.87. The van der Waals surface area contributed by atoms with Crippen LogP contribution in [0.4, 0.5) is 20.3 Å². The van der Waals surface area contributed by atoms with Gasteiger partial charge >= 0.3 is 0 Å². The van der Waals surface area contributed by atoms with E-state index in [1.54, 1.807) is 0 Å². The predicted molar refractivity (Wildman–Crippen MR) is 104 cm³/mol. The Labute approximate surface area is 159 Å². The van der Waals surface area contributed by atoms with E-state index in [1.165, 1.54) is 12.3 Å². The number of carbonyl (C=O) groups is 1. The summed E-state index contributed by atoms with van der Waals surface area (Å²) in [6, 6.07) is 13.3. The number of alkyl halides is 2. The number of rotatable bonds is 3. The molecule has 5 nitrogen and oxygen atoms in total. The van der Waals surface area contributed by atoms with E-state index >= 15 is 0 Å². The fourth-order valence-corrected chi connectivity index (χ4v) is 3.41. The van der Waals surface area contributed by atoms with Gasteiger partial charge in [0.25, 0.3) is 12.3 Å². The summed E-state index contributed by atoms with van der Waals surface area (Å²) in [6.07, 6.45) is 1.80. The second-order valence-corrected chi connectivity index (χ2v) is 6.81. The molecule has 0 bridgehead atoms. The van der Waals surface area contributed by atoms with Crippen molar-refractivity contribution in [3.63, 3.8) is 0 Å². The fraction of sp³-hybridized carbons (Fsp3) is 0.143. The highest BCUT2D eigenvalue weighted by molar-refractivity contribution is 6.11. The number of halogens is 2. The van der Waals surface area contributed by atoms with Gasteiger partial charge in [-0.3, -0.25) is 4.79 Å². The van der Waals surface area contributed by atoms with Crippen molar-refractivity contribution in [3.05, 3.63) is 71.6 Å². The third kappa shape index (κ3) is 2.76. The fourth-order valence-electron chi connectivity index (χ4n) is 3.41. The Morgan fingerprint density at radius 2 is 1.93 bits per heavy atom. The van der Waals surface area contributed by atoms with Gasteiger partial charge in [-0.1, -0.05) is 36.4 Å². The van der Waals surface area contributed by atoms with Crippen molar-refractivity contribution in [2.75, 3.05) is 10.6 Å². The third-order valence-electron chi connectivity index (χ3n) is 4.95. The average molecular weight is 378 g/mol. The molecule has 0 spiro atoms. The Morgan fingerprint density at radius 1 is 1.14 bits per heavy atom. The summed E-state index contributed by atoms with van der Waals surface area (Å²) in [5.41, 5.74) is 2.36. The molecule has 1 amide bonds. The van der Waals surface area contributed by atoms with Crippen LogP contribution < -0.4 is 10.6 Å². The number of anilines is 2. The topological polar surface area (TPSA) is 59.0 Å². The van der Waals surface area contributed by atoms with Crippen LogP contribution in [0.15, 0.2) is 66.0 Å². The molecule has 1 fully saturated rings. The van der Waals surface area contributed by atoms with Crippen molar-refractivity contribution in [1.29, 1.82) is 0 Å². The lowest BCUT2D eigenvalue weighted by molar-refractivity contribution is 0.102. The Bertz CT molecular complexity index is 1160. The van der Waals surface area contributed by atoms with Crippen LogP contribution in [0.5, 0.6) is 0 Å². The standard InChI is InChI=1S/C21H16F2N4O/c22-19(23)18-10-17(13-8-9-13)25-20-15(11-24-27(18)20)21(28)26-16-7-3-5-12-4-1-2-6-14(12)16/h1-7,10-11,19,25H,8-9H2,(H,26,28). The minimum Gasteiger partial charge on any atom is -0.339 e. The molecule has 1 aromatic heterocycles. The molecule has 7 heteroatoms. The van der Waals surface area contributed by atoms with Gasteiger partial charge in [-0.25, -0.2) is 13.5 Å². The number of hydrogen-bond acceptors (Lipinski definition) is 3. The Balaban J connectivity index is 1.52. The highest BCUT2D eigenvalue weighted by Gasteiger charge is 2.30. The Morgan fingerprint density at radius 3 is 2.71 bits per heavy atom. The second kappa shape index (κ2) is 6.30. The molecule has 28 heavy (non-hydrogen) atoms. The number of amides is 1. The van der Waals surface area contributed by atoms with E-state index in [-0.39, 0.29) is 17.1 Å². The van der Waals surface area contributed by atoms with E-state index in [1.807, 2.05) is 42.5 Å². The molecule has 1 aliphatic carbocycles. The van der Waals surface area contributed by atoms with Crippen LogP contribution >= 0.6 is 0 Å². The van der Waals surface area contributed by atoms with Crippen LogP contribution in [-0.2, 0) is 0 Å². The van der Waals surface area contributed by atoms with Crippen molar-refractivity contribution in [3.8, 4) is 0 Å². The molecule has 2 N–H and O–H groups in total. The van der Waals surface area contributed by atoms with Crippen molar-refractivity contribution < 1.29 is 13.6 Å².